The summed E-state index contributed by atoms with van der Waals surface area (Å²) in [4.78, 5) is 11.7. The van der Waals surface area contributed by atoms with Gasteiger partial charge in [0.2, 0.25) is 0 Å². The molecule has 0 saturated carbocycles. The molecule has 12 heavy (non-hydrogen) atoms. The van der Waals surface area contributed by atoms with Gasteiger partial charge in [0.15, 0.2) is 5.78 Å². The molecule has 0 fully saturated rings. The first kappa shape index (κ1) is 9.93. The number of ketones is 1. The molecule has 0 saturated heterocycles. The molecule has 1 aromatic rings. The van der Waals surface area contributed by atoms with Crippen molar-refractivity contribution in [3.8, 4) is 0 Å². The number of halogens is 1. The molecule has 0 unspecified atom stereocenters. The van der Waals surface area contributed by atoms with Gasteiger partial charge in [0.25, 0.3) is 0 Å². The van der Waals surface area contributed by atoms with Crippen LogP contribution in [0, 0.1) is 5.41 Å². The lowest BCUT2D eigenvalue weighted by molar-refractivity contribution is 0.0858. The zero-order valence-corrected chi connectivity index (χ0v) is 9.75. The SMILES string of the molecule is CC(C)(C)C(=O)c1cscc1Br. The average Bonchev–Trinajstić information content (AvgIpc) is 2.31. The quantitative estimate of drug-likeness (QED) is 0.691. The lowest BCUT2D eigenvalue weighted by atomic mass is 9.88. The molecule has 0 atom stereocenters. The van der Waals surface area contributed by atoms with Crippen LogP contribution in [0.1, 0.15) is 31.1 Å². The van der Waals surface area contributed by atoms with E-state index in [1.54, 1.807) is 11.3 Å². The van der Waals surface area contributed by atoms with Crippen LogP contribution in [0.2, 0.25) is 0 Å². The van der Waals surface area contributed by atoms with E-state index in [0.717, 1.165) is 10.0 Å². The fourth-order valence-corrected chi connectivity index (χ4v) is 2.30. The first-order valence-electron chi connectivity index (χ1n) is 3.69. The number of carbonyl (C=O) groups is 1. The highest BCUT2D eigenvalue weighted by atomic mass is 79.9. The molecular weight excluding hydrogens is 236 g/mol. The highest BCUT2D eigenvalue weighted by Gasteiger charge is 2.24. The molecule has 66 valence electrons. The summed E-state index contributed by atoms with van der Waals surface area (Å²) in [6.45, 7) is 5.79. The van der Waals surface area contributed by atoms with Gasteiger partial charge < -0.3 is 0 Å². The van der Waals surface area contributed by atoms with E-state index in [4.69, 9.17) is 0 Å². The molecule has 0 aliphatic carbocycles. The Hall–Kier alpha value is -0.150. The van der Waals surface area contributed by atoms with Crippen molar-refractivity contribution >= 4 is 33.0 Å². The number of Topliss-reactive ketones (excluding diaryl/α,β-unsaturated/α-hetero) is 1. The summed E-state index contributed by atoms with van der Waals surface area (Å²) in [5.74, 6) is 0.190. The monoisotopic (exact) mass is 246 g/mol. The van der Waals surface area contributed by atoms with Crippen LogP contribution in [-0.4, -0.2) is 5.78 Å². The van der Waals surface area contributed by atoms with Gasteiger partial charge in [-0.1, -0.05) is 20.8 Å². The van der Waals surface area contributed by atoms with E-state index in [2.05, 4.69) is 15.9 Å². The predicted octanol–water partition coefficient (Wildman–Crippen LogP) is 3.74. The van der Waals surface area contributed by atoms with Crippen LogP contribution in [0.25, 0.3) is 0 Å². The first-order valence-corrected chi connectivity index (χ1v) is 5.43. The zero-order chi connectivity index (χ0) is 9.35. The van der Waals surface area contributed by atoms with Crippen molar-refractivity contribution in [3.05, 3.63) is 20.8 Å². The topological polar surface area (TPSA) is 17.1 Å². The molecule has 0 bridgehead atoms. The average molecular weight is 247 g/mol. The van der Waals surface area contributed by atoms with Gasteiger partial charge in [-0.05, 0) is 15.9 Å². The summed E-state index contributed by atoms with van der Waals surface area (Å²) in [5, 5.41) is 3.82. The molecular formula is C9H11BrOS. The van der Waals surface area contributed by atoms with Gasteiger partial charge in [-0.15, -0.1) is 0 Å². The van der Waals surface area contributed by atoms with Gasteiger partial charge in [-0.25, -0.2) is 0 Å². The van der Waals surface area contributed by atoms with Crippen molar-refractivity contribution in [3.63, 3.8) is 0 Å². The molecule has 0 aliphatic rings. The third-order valence-electron chi connectivity index (χ3n) is 1.54. The van der Waals surface area contributed by atoms with Gasteiger partial charge >= 0.3 is 0 Å². The smallest absolute Gasteiger partial charge is 0.170 e. The summed E-state index contributed by atoms with van der Waals surface area (Å²) in [5.41, 5.74) is 0.511. The summed E-state index contributed by atoms with van der Waals surface area (Å²) < 4.78 is 0.910. The molecule has 0 aromatic carbocycles. The van der Waals surface area contributed by atoms with Crippen LogP contribution >= 0.6 is 27.3 Å². The second kappa shape index (κ2) is 3.30. The van der Waals surface area contributed by atoms with E-state index in [1.165, 1.54) is 0 Å². The van der Waals surface area contributed by atoms with Gasteiger partial charge in [0.05, 0.1) is 0 Å². The molecule has 0 aliphatic heterocycles. The maximum Gasteiger partial charge on any atom is 0.170 e. The first-order chi connectivity index (χ1) is 5.43. The molecule has 1 heterocycles. The van der Waals surface area contributed by atoms with Crippen LogP contribution in [0.5, 0.6) is 0 Å². The van der Waals surface area contributed by atoms with E-state index >= 15 is 0 Å². The molecule has 1 aromatic heterocycles. The van der Waals surface area contributed by atoms with Crippen molar-refractivity contribution in [2.45, 2.75) is 20.8 Å². The van der Waals surface area contributed by atoms with Crippen LogP contribution < -0.4 is 0 Å². The Kier molecular flexibility index (Phi) is 2.74. The standard InChI is InChI=1S/C9H11BrOS/c1-9(2,3)8(11)6-4-12-5-7(6)10/h4-5H,1-3H3. The van der Waals surface area contributed by atoms with Crippen molar-refractivity contribution in [2.75, 3.05) is 0 Å². The van der Waals surface area contributed by atoms with Crippen molar-refractivity contribution in [1.82, 2.24) is 0 Å². The maximum atomic E-state index is 11.7. The predicted molar refractivity (Wildman–Crippen MR) is 55.8 cm³/mol. The number of hydrogen-bond acceptors (Lipinski definition) is 2. The Bertz CT molecular complexity index is 296. The minimum atomic E-state index is -0.288. The van der Waals surface area contributed by atoms with Crippen LogP contribution in [0.15, 0.2) is 15.2 Å². The maximum absolute atomic E-state index is 11.7. The van der Waals surface area contributed by atoms with Gasteiger partial charge in [-0.2, -0.15) is 11.3 Å². The lowest BCUT2D eigenvalue weighted by Crippen LogP contribution is -2.19. The summed E-state index contributed by atoms with van der Waals surface area (Å²) in [7, 11) is 0. The fourth-order valence-electron chi connectivity index (χ4n) is 0.848. The summed E-state index contributed by atoms with van der Waals surface area (Å²) in [6, 6.07) is 0. The Labute approximate surface area is 84.9 Å². The Balaban J connectivity index is 3.01. The number of hydrogen-bond donors (Lipinski definition) is 0. The summed E-state index contributed by atoms with van der Waals surface area (Å²) >= 11 is 4.89. The van der Waals surface area contributed by atoms with Gasteiger partial charge in [0, 0.05) is 26.2 Å². The highest BCUT2D eigenvalue weighted by molar-refractivity contribution is 9.10. The third-order valence-corrected chi connectivity index (χ3v) is 3.24. The van der Waals surface area contributed by atoms with Crippen molar-refractivity contribution in [2.24, 2.45) is 5.41 Å². The van der Waals surface area contributed by atoms with Crippen LogP contribution in [0.4, 0.5) is 0 Å². The number of thiophene rings is 1. The number of carbonyl (C=O) groups excluding carboxylic acids is 1. The van der Waals surface area contributed by atoms with E-state index in [1.807, 2.05) is 31.5 Å². The van der Waals surface area contributed by atoms with Crippen molar-refractivity contribution < 1.29 is 4.79 Å². The Morgan fingerprint density at radius 3 is 2.33 bits per heavy atom. The molecule has 3 heteroatoms. The van der Waals surface area contributed by atoms with Crippen LogP contribution in [-0.2, 0) is 0 Å². The highest BCUT2D eigenvalue weighted by Crippen LogP contribution is 2.28. The minimum absolute atomic E-state index is 0.190. The molecule has 0 spiro atoms. The zero-order valence-electron chi connectivity index (χ0n) is 7.35. The van der Waals surface area contributed by atoms with E-state index in [9.17, 15) is 4.79 Å². The lowest BCUT2D eigenvalue weighted by Gasteiger charge is -2.15. The third kappa shape index (κ3) is 1.96. The molecule has 0 N–H and O–H groups in total. The van der Waals surface area contributed by atoms with Crippen molar-refractivity contribution in [1.29, 1.82) is 0 Å². The van der Waals surface area contributed by atoms with E-state index in [-0.39, 0.29) is 11.2 Å². The van der Waals surface area contributed by atoms with Gasteiger partial charge in [-0.3, -0.25) is 4.79 Å². The van der Waals surface area contributed by atoms with E-state index in [0.29, 0.717) is 0 Å². The molecule has 0 radical (unpaired) electrons. The second-order valence-electron chi connectivity index (χ2n) is 3.71. The van der Waals surface area contributed by atoms with Gasteiger partial charge in [0.1, 0.15) is 0 Å². The normalized spacial score (nSPS) is 11.7. The summed E-state index contributed by atoms with van der Waals surface area (Å²) in [6.07, 6.45) is 0. The largest absolute Gasteiger partial charge is 0.294 e. The molecule has 0 amide bonds. The molecule has 1 nitrogen and oxygen atoms in total. The van der Waals surface area contributed by atoms with E-state index < -0.39 is 0 Å². The van der Waals surface area contributed by atoms with Crippen LogP contribution in [0.3, 0.4) is 0 Å². The second-order valence-corrected chi connectivity index (χ2v) is 5.31. The fraction of sp³-hybridized carbons (Fsp3) is 0.444. The Morgan fingerprint density at radius 2 is 2.00 bits per heavy atom. The minimum Gasteiger partial charge on any atom is -0.294 e. The molecule has 1 rings (SSSR count). The Morgan fingerprint density at radius 1 is 1.42 bits per heavy atom. The number of rotatable bonds is 1.